The molecule has 3 saturated heterocycles. The zero-order chi connectivity index (χ0) is 42.4. The van der Waals surface area contributed by atoms with Crippen LogP contribution in [0, 0.1) is 11.8 Å². The number of carbonyl (C=O) groups excluding carboxylic acids is 5. The van der Waals surface area contributed by atoms with Crippen LogP contribution in [-0.2, 0) is 14.4 Å². The van der Waals surface area contributed by atoms with Gasteiger partial charge in [0, 0.05) is 81.5 Å². The number of nitrogens with one attached hydrogen (secondary N) is 2. The molecule has 0 bridgehead atoms. The molecule has 0 spiro atoms. The van der Waals surface area contributed by atoms with E-state index in [1.54, 1.807) is 24.3 Å². The Labute approximate surface area is 343 Å². The van der Waals surface area contributed by atoms with E-state index in [4.69, 9.17) is 11.5 Å². The Morgan fingerprint density at radius 1 is 1.03 bits per heavy atom. The number of aldehydes is 2. The number of amides is 3. The third-order valence-electron chi connectivity index (χ3n) is 12.0. The fourth-order valence-electron chi connectivity index (χ4n) is 8.59. The van der Waals surface area contributed by atoms with Gasteiger partial charge in [-0.05, 0) is 82.2 Å². The van der Waals surface area contributed by atoms with Gasteiger partial charge in [-0.2, -0.15) is 0 Å². The summed E-state index contributed by atoms with van der Waals surface area (Å²) in [4.78, 5) is 69.3. The van der Waals surface area contributed by atoms with Gasteiger partial charge in [-0.25, -0.2) is 8.78 Å². The molecule has 2 aromatic carbocycles. The van der Waals surface area contributed by atoms with Crippen molar-refractivity contribution in [1.29, 1.82) is 0 Å². The number of allylic oxidation sites excluding steroid dienone is 1. The smallest absolute Gasteiger partial charge is 0.269 e. The van der Waals surface area contributed by atoms with Crippen molar-refractivity contribution in [2.75, 3.05) is 77.9 Å². The maximum Gasteiger partial charge on any atom is 0.269 e. The van der Waals surface area contributed by atoms with Gasteiger partial charge in [0.2, 0.25) is 5.91 Å². The Morgan fingerprint density at radius 2 is 1.76 bits per heavy atom. The number of aromatic hydroxyl groups is 1. The average molecular weight is 820 g/mol. The van der Waals surface area contributed by atoms with Gasteiger partial charge >= 0.3 is 0 Å². The van der Waals surface area contributed by atoms with Crippen molar-refractivity contribution in [2.45, 2.75) is 50.1 Å². The fourth-order valence-corrected chi connectivity index (χ4v) is 8.59. The predicted octanol–water partition coefficient (Wildman–Crippen LogP) is 1.79. The van der Waals surface area contributed by atoms with Crippen molar-refractivity contribution in [3.05, 3.63) is 76.7 Å². The van der Waals surface area contributed by atoms with Crippen LogP contribution < -0.4 is 27.0 Å². The number of piperazine rings is 1. The second-order valence-electron chi connectivity index (χ2n) is 15.9. The molecule has 0 aromatic heterocycles. The summed E-state index contributed by atoms with van der Waals surface area (Å²) in [7, 11) is 3.51. The molecule has 15 nitrogen and oxygen atoms in total. The van der Waals surface area contributed by atoms with Crippen LogP contribution in [0.1, 0.15) is 58.4 Å². The lowest BCUT2D eigenvalue weighted by Gasteiger charge is -2.45. The lowest BCUT2D eigenvalue weighted by Crippen LogP contribution is -2.58. The maximum atomic E-state index is 15.2. The highest BCUT2D eigenvalue weighted by Gasteiger charge is 2.47. The number of benzene rings is 2. The highest BCUT2D eigenvalue weighted by molar-refractivity contribution is 6.23. The number of nitrogens with zero attached hydrogens (tertiary/aromatic N) is 5. The largest absolute Gasteiger partial charge is 0.507 e. The van der Waals surface area contributed by atoms with E-state index < -0.39 is 42.1 Å². The molecule has 5 aliphatic rings. The van der Waals surface area contributed by atoms with Crippen LogP contribution in [0.15, 0.2) is 60.1 Å². The number of hydrogen-bond acceptors (Lipinski definition) is 13. The fraction of sp³-hybridized carbons (Fsp3) is 0.500. The first-order valence-corrected chi connectivity index (χ1v) is 20.2. The Balaban J connectivity index is 0.000000226. The standard InChI is InChI=1S/C26H32F2N4O5.C16H23N5O/c1-29-23(35)22(3-2-12-33)32-24(36)20-5-4-19(13-21(20)25(32)37)31-11-8-18(26(27,28)16-31)14-30-9-6-17(15-34)7-10-30;1-20-6-7-21-11(10-20)9-19-16(18)14(21)8-13(17)12-4-2-3-5-15(12)22/h4-5,12-13,15,17-18,22H,2-3,6-11,14,16H2,1H3,(H,29,35);2-5,8,11,19,22H,6-7,9-10,17-18H2,1H3/b;13-8-. The molecule has 5 heterocycles. The topological polar surface area (TPSA) is 198 Å². The molecule has 3 atom stereocenters. The van der Waals surface area contributed by atoms with Gasteiger partial charge < -0.3 is 56.4 Å². The zero-order valence-electron chi connectivity index (χ0n) is 33.6. The number of phenols is 1. The van der Waals surface area contributed by atoms with Crippen LogP contribution in [0.2, 0.25) is 0 Å². The molecular weight excluding hydrogens is 765 g/mol. The number of nitrogens with two attached hydrogens (primary N) is 2. The molecule has 17 heteroatoms. The predicted molar refractivity (Wildman–Crippen MR) is 218 cm³/mol. The summed E-state index contributed by atoms with van der Waals surface area (Å²) in [5.41, 5.74) is 14.9. The van der Waals surface area contributed by atoms with E-state index in [-0.39, 0.29) is 48.6 Å². The molecule has 0 aliphatic carbocycles. The van der Waals surface area contributed by atoms with E-state index in [1.807, 2.05) is 17.0 Å². The first-order chi connectivity index (χ1) is 28.3. The summed E-state index contributed by atoms with van der Waals surface area (Å²) in [6, 6.07) is 10.7. The van der Waals surface area contributed by atoms with Gasteiger partial charge in [-0.15, -0.1) is 0 Å². The first-order valence-electron chi connectivity index (χ1n) is 20.2. The van der Waals surface area contributed by atoms with Crippen LogP contribution in [0.3, 0.4) is 0 Å². The van der Waals surface area contributed by atoms with Crippen molar-refractivity contribution < 1.29 is 37.9 Å². The van der Waals surface area contributed by atoms with Crippen molar-refractivity contribution in [3.63, 3.8) is 0 Å². The summed E-state index contributed by atoms with van der Waals surface area (Å²) in [5, 5.41) is 15.6. The SMILES string of the molecule is CN1CCN2C(/C=C(\N)c3ccccc3O)=C(N)NCC2C1.CNC(=O)C(CCC=O)N1C(=O)c2ccc(N3CCC(CN4CCC(C=O)CC4)C(F)(F)C3)cc2C1=O. The molecule has 59 heavy (non-hydrogen) atoms. The summed E-state index contributed by atoms with van der Waals surface area (Å²) in [6.07, 6.45) is 5.07. The second-order valence-corrected chi connectivity index (χ2v) is 15.9. The van der Waals surface area contributed by atoms with E-state index in [0.29, 0.717) is 67.6 Å². The second kappa shape index (κ2) is 18.6. The van der Waals surface area contributed by atoms with E-state index >= 15 is 8.78 Å². The zero-order valence-corrected chi connectivity index (χ0v) is 33.6. The number of rotatable bonds is 11. The molecule has 318 valence electrons. The highest BCUT2D eigenvalue weighted by atomic mass is 19.3. The molecule has 3 unspecified atom stereocenters. The summed E-state index contributed by atoms with van der Waals surface area (Å²) in [5.74, 6) is -4.82. The van der Waals surface area contributed by atoms with E-state index in [0.717, 1.165) is 43.1 Å². The van der Waals surface area contributed by atoms with Crippen molar-refractivity contribution in [3.8, 4) is 5.75 Å². The number of phenolic OH excluding ortho intramolecular Hbond substituents is 1. The van der Waals surface area contributed by atoms with Crippen LogP contribution in [0.4, 0.5) is 14.5 Å². The van der Waals surface area contributed by atoms with E-state index in [9.17, 15) is 29.1 Å². The van der Waals surface area contributed by atoms with Crippen molar-refractivity contribution in [1.82, 2.24) is 30.2 Å². The molecule has 2 aromatic rings. The number of piperidine rings is 2. The van der Waals surface area contributed by atoms with Crippen molar-refractivity contribution >= 4 is 41.7 Å². The number of alkyl halides is 2. The van der Waals surface area contributed by atoms with E-state index in [1.165, 1.54) is 24.1 Å². The number of likely N-dealkylation sites (tertiary alicyclic amines) is 1. The van der Waals surface area contributed by atoms with Gasteiger partial charge in [-0.3, -0.25) is 19.3 Å². The molecule has 7 N–H and O–H groups in total. The maximum absolute atomic E-state index is 15.2. The molecule has 5 aliphatic heterocycles. The van der Waals surface area contributed by atoms with Gasteiger partial charge in [-0.1, -0.05) is 12.1 Å². The number of likely N-dealkylation sites (N-methyl/N-ethyl adjacent to an activating group) is 2. The number of para-hydroxylation sites is 1. The summed E-state index contributed by atoms with van der Waals surface area (Å²) < 4.78 is 30.4. The van der Waals surface area contributed by atoms with Gasteiger partial charge in [0.25, 0.3) is 17.7 Å². The number of anilines is 1. The third-order valence-corrected chi connectivity index (χ3v) is 12.0. The lowest BCUT2D eigenvalue weighted by molar-refractivity contribution is -0.124. The minimum Gasteiger partial charge on any atom is -0.507 e. The van der Waals surface area contributed by atoms with Crippen molar-refractivity contribution in [2.24, 2.45) is 23.3 Å². The van der Waals surface area contributed by atoms with Gasteiger partial charge in [0.05, 0.1) is 29.4 Å². The number of fused-ring (bicyclic) bond motifs is 2. The normalized spacial score (nSPS) is 23.1. The monoisotopic (exact) mass is 819 g/mol. The van der Waals surface area contributed by atoms with Crippen LogP contribution in [0.5, 0.6) is 5.75 Å². The quantitative estimate of drug-likeness (QED) is 0.163. The Morgan fingerprint density at radius 3 is 2.44 bits per heavy atom. The number of halogens is 2. The molecule has 7 rings (SSSR count). The lowest BCUT2D eigenvalue weighted by atomic mass is 9.90. The highest BCUT2D eigenvalue weighted by Crippen LogP contribution is 2.38. The van der Waals surface area contributed by atoms with Crippen LogP contribution in [-0.4, -0.2) is 146 Å². The summed E-state index contributed by atoms with van der Waals surface area (Å²) >= 11 is 0. The molecule has 0 radical (unpaired) electrons. The average Bonchev–Trinajstić information content (AvgIpc) is 3.47. The number of carbonyl (C=O) groups is 5. The van der Waals surface area contributed by atoms with Gasteiger partial charge in [0.1, 0.15) is 30.2 Å². The summed E-state index contributed by atoms with van der Waals surface area (Å²) in [6.45, 7) is 5.17. The van der Waals surface area contributed by atoms with Crippen LogP contribution in [0.25, 0.3) is 5.70 Å². The minimum absolute atomic E-state index is 0.00410. The molecule has 3 fully saturated rings. The first kappa shape index (κ1) is 43.0. The van der Waals surface area contributed by atoms with Crippen LogP contribution >= 0.6 is 0 Å². The third kappa shape index (κ3) is 9.51. The number of hydrogen-bond donors (Lipinski definition) is 5. The van der Waals surface area contributed by atoms with Gasteiger partial charge in [0.15, 0.2) is 0 Å². The Bertz CT molecular complexity index is 1970. The number of imide groups is 1. The minimum atomic E-state index is -2.95. The molecule has 3 amide bonds. The molecular formula is C42H55F2N9O6. The Kier molecular flexibility index (Phi) is 13.6. The molecule has 0 saturated carbocycles. The Hall–Kier alpha value is -5.55. The van der Waals surface area contributed by atoms with E-state index in [2.05, 4.69) is 27.5 Å².